The second-order valence-corrected chi connectivity index (χ2v) is 11.4. The highest BCUT2D eigenvalue weighted by Gasteiger charge is 2.38. The van der Waals surface area contributed by atoms with E-state index in [0.717, 1.165) is 42.3 Å². The monoisotopic (exact) mass is 482 g/mol. The first-order valence-corrected chi connectivity index (χ1v) is 12.7. The number of likely N-dealkylation sites (tertiary alicyclic amines) is 1. The van der Waals surface area contributed by atoms with Crippen LogP contribution in [0, 0.1) is 5.92 Å². The standard InChI is InChI=1S/C20H23BrN2O3S2/c21-17-7-1-5-15(13-17)18-8-3-11-23(18)20(24)16-6-2-10-22(14-16)28(25,26)19-9-4-12-27-19/h1,4-5,7,9,12-13,16,18H,2-3,6,8,10-11,14H2. The van der Waals surface area contributed by atoms with Gasteiger partial charge in [-0.2, -0.15) is 4.31 Å². The summed E-state index contributed by atoms with van der Waals surface area (Å²) in [4.78, 5) is 15.3. The number of carbonyl (C=O) groups excluding carboxylic acids is 1. The van der Waals surface area contributed by atoms with E-state index >= 15 is 0 Å². The lowest BCUT2D eigenvalue weighted by molar-refractivity contribution is -0.137. The molecular weight excluding hydrogens is 460 g/mol. The van der Waals surface area contributed by atoms with Gasteiger partial charge >= 0.3 is 0 Å². The molecule has 5 nitrogen and oxygen atoms in total. The average Bonchev–Trinajstić information content (AvgIpc) is 3.40. The van der Waals surface area contributed by atoms with Crippen LogP contribution in [0.2, 0.25) is 0 Å². The quantitative estimate of drug-likeness (QED) is 0.653. The Morgan fingerprint density at radius 3 is 2.68 bits per heavy atom. The first kappa shape index (κ1) is 20.1. The minimum atomic E-state index is -3.51. The Hall–Kier alpha value is -1.22. The van der Waals surface area contributed by atoms with Gasteiger partial charge in [-0.3, -0.25) is 4.79 Å². The predicted molar refractivity (Wildman–Crippen MR) is 114 cm³/mol. The van der Waals surface area contributed by atoms with Crippen LogP contribution in [0.5, 0.6) is 0 Å². The van der Waals surface area contributed by atoms with Crippen molar-refractivity contribution in [2.45, 2.75) is 35.9 Å². The van der Waals surface area contributed by atoms with Gasteiger partial charge in [-0.15, -0.1) is 11.3 Å². The fraction of sp³-hybridized carbons (Fsp3) is 0.450. The smallest absolute Gasteiger partial charge is 0.252 e. The topological polar surface area (TPSA) is 57.7 Å². The molecule has 0 spiro atoms. The summed E-state index contributed by atoms with van der Waals surface area (Å²) < 4.78 is 28.6. The third kappa shape index (κ3) is 3.92. The Morgan fingerprint density at radius 1 is 1.11 bits per heavy atom. The Kier molecular flexibility index (Phi) is 5.92. The molecule has 2 saturated heterocycles. The number of hydrogen-bond acceptors (Lipinski definition) is 4. The fourth-order valence-corrected chi connectivity index (χ4v) is 7.31. The lowest BCUT2D eigenvalue weighted by Crippen LogP contribution is -2.46. The van der Waals surface area contributed by atoms with Crippen molar-refractivity contribution in [3.63, 3.8) is 0 Å². The van der Waals surface area contributed by atoms with Crippen molar-refractivity contribution in [1.82, 2.24) is 9.21 Å². The third-order valence-corrected chi connectivity index (χ3v) is 9.32. The minimum Gasteiger partial charge on any atom is -0.335 e. The van der Waals surface area contributed by atoms with Crippen LogP contribution < -0.4 is 0 Å². The van der Waals surface area contributed by atoms with Crippen LogP contribution in [0.25, 0.3) is 0 Å². The van der Waals surface area contributed by atoms with Crippen LogP contribution in [0.3, 0.4) is 0 Å². The van der Waals surface area contributed by atoms with Crippen LogP contribution in [0.4, 0.5) is 0 Å². The maximum absolute atomic E-state index is 13.3. The minimum absolute atomic E-state index is 0.0780. The van der Waals surface area contributed by atoms with E-state index in [0.29, 0.717) is 10.8 Å². The van der Waals surface area contributed by atoms with Gasteiger partial charge in [-0.25, -0.2) is 8.42 Å². The molecule has 0 N–H and O–H groups in total. The molecule has 28 heavy (non-hydrogen) atoms. The molecule has 8 heteroatoms. The molecule has 4 rings (SSSR count). The van der Waals surface area contributed by atoms with Crippen molar-refractivity contribution >= 4 is 43.2 Å². The zero-order valence-electron chi connectivity index (χ0n) is 15.5. The molecule has 0 radical (unpaired) electrons. The molecule has 1 aromatic heterocycles. The van der Waals surface area contributed by atoms with Crippen molar-refractivity contribution in [3.8, 4) is 0 Å². The second kappa shape index (κ2) is 8.26. The first-order valence-electron chi connectivity index (χ1n) is 9.56. The summed E-state index contributed by atoms with van der Waals surface area (Å²) in [7, 11) is -3.51. The molecular formula is C20H23BrN2O3S2. The molecule has 3 heterocycles. The highest BCUT2D eigenvalue weighted by molar-refractivity contribution is 9.10. The fourth-order valence-electron chi connectivity index (χ4n) is 4.23. The SMILES string of the molecule is O=C(C1CCCN(S(=O)(=O)c2cccs2)C1)N1CCCC1c1cccc(Br)c1. The number of rotatable bonds is 4. The van der Waals surface area contributed by atoms with Gasteiger partial charge in [0.05, 0.1) is 12.0 Å². The van der Waals surface area contributed by atoms with Crippen LogP contribution in [0.1, 0.15) is 37.3 Å². The molecule has 0 aliphatic carbocycles. The summed E-state index contributed by atoms with van der Waals surface area (Å²) in [5, 5.41) is 1.77. The van der Waals surface area contributed by atoms with Crippen LogP contribution in [-0.4, -0.2) is 43.2 Å². The van der Waals surface area contributed by atoms with E-state index in [1.807, 2.05) is 17.0 Å². The number of halogens is 1. The Morgan fingerprint density at radius 2 is 1.93 bits per heavy atom. The van der Waals surface area contributed by atoms with Crippen molar-refractivity contribution in [2.24, 2.45) is 5.92 Å². The van der Waals surface area contributed by atoms with E-state index in [9.17, 15) is 13.2 Å². The van der Waals surface area contributed by atoms with Crippen molar-refractivity contribution in [2.75, 3.05) is 19.6 Å². The summed E-state index contributed by atoms with van der Waals surface area (Å²) >= 11 is 4.74. The molecule has 2 unspecified atom stereocenters. The Labute approximate surface area is 178 Å². The summed E-state index contributed by atoms with van der Waals surface area (Å²) in [5.74, 6) is -0.176. The maximum atomic E-state index is 13.3. The normalized spacial score (nSPS) is 23.8. The zero-order chi connectivity index (χ0) is 19.7. The van der Waals surface area contributed by atoms with Gasteiger partial charge in [0.2, 0.25) is 5.91 Å². The van der Waals surface area contributed by atoms with Crippen LogP contribution >= 0.6 is 27.3 Å². The highest BCUT2D eigenvalue weighted by Crippen LogP contribution is 2.36. The molecule has 2 aliphatic heterocycles. The molecule has 1 amide bonds. The van der Waals surface area contributed by atoms with Gasteiger partial charge in [-0.1, -0.05) is 34.1 Å². The number of carbonyl (C=O) groups is 1. The van der Waals surface area contributed by atoms with Crippen molar-refractivity contribution in [1.29, 1.82) is 0 Å². The summed E-state index contributed by atoms with van der Waals surface area (Å²) in [5.41, 5.74) is 1.14. The van der Waals surface area contributed by atoms with Gasteiger partial charge in [0, 0.05) is 24.1 Å². The number of hydrogen-bond donors (Lipinski definition) is 0. The molecule has 1 aromatic carbocycles. The molecule has 2 fully saturated rings. The van der Waals surface area contributed by atoms with Crippen LogP contribution in [-0.2, 0) is 14.8 Å². The molecule has 2 atom stereocenters. The number of thiophene rings is 1. The number of sulfonamides is 1. The predicted octanol–water partition coefficient (Wildman–Crippen LogP) is 4.28. The zero-order valence-corrected chi connectivity index (χ0v) is 18.7. The molecule has 150 valence electrons. The summed E-state index contributed by atoms with van der Waals surface area (Å²) in [6.45, 7) is 1.50. The second-order valence-electron chi connectivity index (χ2n) is 7.38. The number of benzene rings is 1. The summed E-state index contributed by atoms with van der Waals surface area (Å²) in [6.07, 6.45) is 3.40. The summed E-state index contributed by atoms with van der Waals surface area (Å²) in [6, 6.07) is 11.6. The van der Waals surface area contributed by atoms with E-state index in [-0.39, 0.29) is 24.4 Å². The maximum Gasteiger partial charge on any atom is 0.252 e. The first-order chi connectivity index (χ1) is 13.5. The Balaban J connectivity index is 1.51. The van der Waals surface area contributed by atoms with E-state index < -0.39 is 10.0 Å². The van der Waals surface area contributed by atoms with E-state index in [4.69, 9.17) is 0 Å². The van der Waals surface area contributed by atoms with Gasteiger partial charge in [-0.05, 0) is 54.8 Å². The van der Waals surface area contributed by atoms with Crippen molar-refractivity contribution in [3.05, 3.63) is 51.8 Å². The molecule has 2 aromatic rings. The molecule has 2 aliphatic rings. The highest BCUT2D eigenvalue weighted by atomic mass is 79.9. The lowest BCUT2D eigenvalue weighted by Gasteiger charge is -2.35. The van der Waals surface area contributed by atoms with Gasteiger partial charge in [0.15, 0.2) is 0 Å². The number of amides is 1. The average molecular weight is 483 g/mol. The van der Waals surface area contributed by atoms with Gasteiger partial charge in [0.25, 0.3) is 10.0 Å². The number of piperidine rings is 1. The lowest BCUT2D eigenvalue weighted by atomic mass is 9.96. The van der Waals surface area contributed by atoms with E-state index in [2.05, 4.69) is 28.1 Å². The van der Waals surface area contributed by atoms with E-state index in [1.54, 1.807) is 17.5 Å². The van der Waals surface area contributed by atoms with Gasteiger partial charge in [0.1, 0.15) is 4.21 Å². The largest absolute Gasteiger partial charge is 0.335 e. The van der Waals surface area contributed by atoms with Crippen LogP contribution in [0.15, 0.2) is 50.5 Å². The number of nitrogens with zero attached hydrogens (tertiary/aromatic N) is 2. The van der Waals surface area contributed by atoms with Crippen molar-refractivity contribution < 1.29 is 13.2 Å². The third-order valence-electron chi connectivity index (χ3n) is 5.59. The van der Waals surface area contributed by atoms with E-state index in [1.165, 1.54) is 15.6 Å². The molecule has 0 saturated carbocycles. The Bertz CT molecular complexity index is 946. The van der Waals surface area contributed by atoms with Gasteiger partial charge < -0.3 is 4.90 Å². The molecule has 0 bridgehead atoms.